The average Bonchev–Trinajstić information content (AvgIpc) is 1.99. The van der Waals surface area contributed by atoms with E-state index in [-0.39, 0.29) is 10.8 Å². The summed E-state index contributed by atoms with van der Waals surface area (Å²) in [6, 6.07) is 0. The lowest BCUT2D eigenvalue weighted by atomic mass is 9.61. The maximum Gasteiger partial charge on any atom is 0.508 e. The quantitative estimate of drug-likeness (QED) is 0.580. The lowest BCUT2D eigenvalue weighted by Gasteiger charge is -2.53. The highest BCUT2D eigenvalue weighted by Crippen LogP contribution is 2.50. The van der Waals surface area contributed by atoms with Gasteiger partial charge in [0.25, 0.3) is 0 Å². The van der Waals surface area contributed by atoms with Crippen LogP contribution in [0.5, 0.6) is 0 Å². The van der Waals surface area contributed by atoms with Crippen molar-refractivity contribution in [3.63, 3.8) is 0 Å². The lowest BCUT2D eigenvalue weighted by Crippen LogP contribution is -2.58. The molecular weight excluding hydrogens is 192 g/mol. The van der Waals surface area contributed by atoms with Gasteiger partial charge in [0.05, 0.1) is 6.61 Å². The van der Waals surface area contributed by atoms with Crippen LogP contribution in [0.2, 0.25) is 0 Å². The Morgan fingerprint density at radius 1 is 1.07 bits per heavy atom. The zero-order chi connectivity index (χ0) is 11.9. The van der Waals surface area contributed by atoms with Gasteiger partial charge in [0, 0.05) is 17.3 Å². The van der Waals surface area contributed by atoms with Crippen LogP contribution in [0.3, 0.4) is 0 Å². The summed E-state index contributed by atoms with van der Waals surface area (Å²) in [5, 5.41) is 0. The first-order chi connectivity index (χ1) is 6.60. The molecule has 0 radical (unpaired) electrons. The van der Waals surface area contributed by atoms with E-state index in [1.807, 2.05) is 0 Å². The Bertz CT molecular complexity index is 241. The Kier molecular flexibility index (Phi) is 2.79. The molecule has 0 aromatic heterocycles. The second-order valence-corrected chi connectivity index (χ2v) is 6.28. The predicted octanol–water partition coefficient (Wildman–Crippen LogP) is 3.37. The highest BCUT2D eigenvalue weighted by molar-refractivity contribution is 5.61. The minimum absolute atomic E-state index is 0.0926. The molecule has 0 unspecified atom stereocenters. The number of carbonyl (C=O) groups excluding carboxylic acids is 1. The summed E-state index contributed by atoms with van der Waals surface area (Å²) in [4.78, 5) is 11.3. The number of hydrogen-bond acceptors (Lipinski definition) is 3. The molecule has 1 rings (SSSR count). The van der Waals surface area contributed by atoms with Crippen molar-refractivity contribution in [3.8, 4) is 0 Å². The topological polar surface area (TPSA) is 35.5 Å². The highest BCUT2D eigenvalue weighted by atomic mass is 16.7. The van der Waals surface area contributed by atoms with E-state index in [2.05, 4.69) is 41.5 Å². The van der Waals surface area contributed by atoms with Crippen LogP contribution in [0.4, 0.5) is 4.79 Å². The summed E-state index contributed by atoms with van der Waals surface area (Å²) >= 11 is 0. The summed E-state index contributed by atoms with van der Waals surface area (Å²) in [5.41, 5.74) is -0.634. The molecule has 0 amide bonds. The fourth-order valence-electron chi connectivity index (χ4n) is 2.68. The van der Waals surface area contributed by atoms with E-state index in [0.29, 0.717) is 6.61 Å². The van der Waals surface area contributed by atoms with Gasteiger partial charge >= 0.3 is 6.16 Å². The first-order valence-corrected chi connectivity index (χ1v) is 5.46. The second-order valence-electron chi connectivity index (χ2n) is 6.28. The third-order valence-electron chi connectivity index (χ3n) is 3.35. The van der Waals surface area contributed by atoms with Gasteiger partial charge in [0.2, 0.25) is 0 Å². The van der Waals surface area contributed by atoms with Crippen LogP contribution >= 0.6 is 0 Å². The van der Waals surface area contributed by atoms with Crippen molar-refractivity contribution in [3.05, 3.63) is 0 Å². The van der Waals surface area contributed by atoms with E-state index in [1.165, 1.54) is 0 Å². The third kappa shape index (κ3) is 1.97. The highest BCUT2D eigenvalue weighted by Gasteiger charge is 2.55. The number of hydrogen-bond donors (Lipinski definition) is 0. The second kappa shape index (κ2) is 3.39. The Morgan fingerprint density at radius 3 is 1.80 bits per heavy atom. The van der Waals surface area contributed by atoms with Gasteiger partial charge in [-0.15, -0.1) is 0 Å². The standard InChI is InChI=1S/C12H22O3/c1-10(2,3)12(11(4,5)6)7-8-14-9(13)15-12/h7-8H2,1-6H3. The maximum atomic E-state index is 11.3. The molecular formula is C12H22O3. The van der Waals surface area contributed by atoms with E-state index >= 15 is 0 Å². The smallest absolute Gasteiger partial charge is 0.434 e. The minimum Gasteiger partial charge on any atom is -0.434 e. The molecule has 0 aromatic rings. The van der Waals surface area contributed by atoms with E-state index in [9.17, 15) is 4.79 Å². The molecule has 0 atom stereocenters. The SMILES string of the molecule is CC(C)(C)C1(C(C)(C)C)CCOC(=O)O1. The normalized spacial score (nSPS) is 21.9. The van der Waals surface area contributed by atoms with Crippen molar-refractivity contribution in [2.24, 2.45) is 10.8 Å². The molecule has 0 aliphatic carbocycles. The number of ether oxygens (including phenoxy) is 2. The molecule has 0 spiro atoms. The number of cyclic esters (lactones) is 2. The molecule has 1 aliphatic rings. The van der Waals surface area contributed by atoms with Crippen molar-refractivity contribution in [1.82, 2.24) is 0 Å². The molecule has 1 aliphatic heterocycles. The number of rotatable bonds is 0. The summed E-state index contributed by atoms with van der Waals surface area (Å²) in [6.45, 7) is 13.1. The molecule has 0 aromatic carbocycles. The van der Waals surface area contributed by atoms with Crippen molar-refractivity contribution >= 4 is 6.16 Å². The van der Waals surface area contributed by atoms with Gasteiger partial charge < -0.3 is 9.47 Å². The Morgan fingerprint density at radius 2 is 1.53 bits per heavy atom. The van der Waals surface area contributed by atoms with Crippen LogP contribution in [-0.4, -0.2) is 18.4 Å². The van der Waals surface area contributed by atoms with Crippen LogP contribution in [0, 0.1) is 10.8 Å². The van der Waals surface area contributed by atoms with Crippen molar-refractivity contribution in [2.45, 2.75) is 53.6 Å². The molecule has 0 saturated carbocycles. The minimum atomic E-state index is -0.536. The van der Waals surface area contributed by atoms with Crippen LogP contribution < -0.4 is 0 Å². The molecule has 15 heavy (non-hydrogen) atoms. The summed E-state index contributed by atoms with van der Waals surface area (Å²) in [7, 11) is 0. The Labute approximate surface area is 92.1 Å². The molecule has 1 fully saturated rings. The van der Waals surface area contributed by atoms with Crippen molar-refractivity contribution in [1.29, 1.82) is 0 Å². The van der Waals surface area contributed by atoms with Crippen molar-refractivity contribution in [2.75, 3.05) is 6.61 Å². The lowest BCUT2D eigenvalue weighted by molar-refractivity contribution is -0.190. The van der Waals surface area contributed by atoms with Crippen LogP contribution in [-0.2, 0) is 9.47 Å². The Hall–Kier alpha value is -0.730. The molecule has 3 nitrogen and oxygen atoms in total. The summed E-state index contributed by atoms with van der Waals surface area (Å²) in [5.74, 6) is 0. The zero-order valence-corrected chi connectivity index (χ0v) is 10.6. The fraction of sp³-hybridized carbons (Fsp3) is 0.917. The van der Waals surface area contributed by atoms with E-state index in [1.54, 1.807) is 0 Å². The monoisotopic (exact) mass is 214 g/mol. The van der Waals surface area contributed by atoms with E-state index in [4.69, 9.17) is 9.47 Å². The van der Waals surface area contributed by atoms with E-state index < -0.39 is 11.8 Å². The molecule has 0 N–H and O–H groups in total. The van der Waals surface area contributed by atoms with E-state index in [0.717, 1.165) is 6.42 Å². The average molecular weight is 214 g/mol. The summed E-state index contributed by atoms with van der Waals surface area (Å²) in [6.07, 6.45) is 0.220. The van der Waals surface area contributed by atoms with Gasteiger partial charge in [-0.25, -0.2) is 4.79 Å². The maximum absolute atomic E-state index is 11.3. The molecule has 0 bridgehead atoms. The van der Waals surface area contributed by atoms with Gasteiger partial charge in [0.15, 0.2) is 0 Å². The van der Waals surface area contributed by atoms with Gasteiger partial charge in [-0.2, -0.15) is 0 Å². The van der Waals surface area contributed by atoms with Gasteiger partial charge in [-0.1, -0.05) is 41.5 Å². The first-order valence-electron chi connectivity index (χ1n) is 5.46. The van der Waals surface area contributed by atoms with Crippen LogP contribution in [0.15, 0.2) is 0 Å². The molecule has 3 heteroatoms. The zero-order valence-electron chi connectivity index (χ0n) is 10.6. The Balaban J connectivity index is 3.13. The first kappa shape index (κ1) is 12.3. The third-order valence-corrected chi connectivity index (χ3v) is 3.35. The molecule has 1 saturated heterocycles. The van der Waals surface area contributed by atoms with Gasteiger partial charge in [0.1, 0.15) is 5.60 Å². The number of carbonyl (C=O) groups is 1. The predicted molar refractivity (Wildman–Crippen MR) is 58.7 cm³/mol. The van der Waals surface area contributed by atoms with Crippen LogP contribution in [0.1, 0.15) is 48.0 Å². The largest absolute Gasteiger partial charge is 0.508 e. The van der Waals surface area contributed by atoms with Crippen LogP contribution in [0.25, 0.3) is 0 Å². The van der Waals surface area contributed by atoms with Gasteiger partial charge in [-0.05, 0) is 0 Å². The summed E-state index contributed by atoms with van der Waals surface area (Å²) < 4.78 is 10.4. The van der Waals surface area contributed by atoms with Crippen molar-refractivity contribution < 1.29 is 14.3 Å². The fourth-order valence-corrected chi connectivity index (χ4v) is 2.68. The molecule has 1 heterocycles. The van der Waals surface area contributed by atoms with Gasteiger partial charge in [-0.3, -0.25) is 0 Å². The molecule has 88 valence electrons.